The molecule has 24 heavy (non-hydrogen) atoms. The summed E-state index contributed by atoms with van der Waals surface area (Å²) < 4.78 is 10.8. The molecule has 2 aliphatic heterocycles. The van der Waals surface area contributed by atoms with E-state index in [-0.39, 0.29) is 23.2 Å². The van der Waals surface area contributed by atoms with Crippen LogP contribution in [0.25, 0.3) is 0 Å². The second-order valence-electron chi connectivity index (χ2n) is 9.55. The van der Waals surface area contributed by atoms with Gasteiger partial charge in [0, 0.05) is 11.8 Å². The van der Waals surface area contributed by atoms with E-state index >= 15 is 0 Å². The molecule has 2 saturated carbocycles. The predicted octanol–water partition coefficient (Wildman–Crippen LogP) is 3.64. The fraction of sp³-hybridized carbons (Fsp3) is 0.850. The van der Waals surface area contributed by atoms with Crippen molar-refractivity contribution in [3.63, 3.8) is 0 Å². The lowest BCUT2D eigenvalue weighted by Gasteiger charge is -2.37. The molecule has 0 amide bonds. The van der Waals surface area contributed by atoms with Crippen molar-refractivity contribution < 1.29 is 19.4 Å². The lowest BCUT2D eigenvalue weighted by molar-refractivity contribution is -0.195. The number of aliphatic hydroxyl groups excluding tert-OH is 1. The van der Waals surface area contributed by atoms with Crippen LogP contribution in [0.5, 0.6) is 0 Å². The Morgan fingerprint density at radius 3 is 2.75 bits per heavy atom. The van der Waals surface area contributed by atoms with Crippen LogP contribution in [0, 0.1) is 34.5 Å². The summed E-state index contributed by atoms with van der Waals surface area (Å²) >= 11 is 0. The van der Waals surface area contributed by atoms with Crippen molar-refractivity contribution in [1.29, 1.82) is 0 Å². The van der Waals surface area contributed by atoms with Crippen LogP contribution < -0.4 is 0 Å². The van der Waals surface area contributed by atoms with Crippen LogP contribution in [-0.2, 0) is 14.3 Å². The van der Waals surface area contributed by atoms with Gasteiger partial charge in [0.1, 0.15) is 0 Å². The number of carbonyl (C=O) groups excluding carboxylic acids is 1. The molecule has 4 aliphatic rings. The van der Waals surface area contributed by atoms with Crippen LogP contribution in [0.3, 0.4) is 0 Å². The first-order valence-corrected chi connectivity index (χ1v) is 9.42. The Kier molecular flexibility index (Phi) is 3.67. The number of allylic oxidation sites excluding steroid dienone is 1. The van der Waals surface area contributed by atoms with Crippen molar-refractivity contribution in [3.05, 3.63) is 12.2 Å². The Hall–Kier alpha value is -0.870. The highest BCUT2D eigenvalue weighted by Crippen LogP contribution is 2.63. The van der Waals surface area contributed by atoms with Gasteiger partial charge in [0.2, 0.25) is 6.29 Å². The first kappa shape index (κ1) is 16.6. The van der Waals surface area contributed by atoms with E-state index in [1.807, 2.05) is 0 Å². The number of fused-ring (bicyclic) bond motifs is 2. The maximum absolute atomic E-state index is 11.7. The molecular formula is C20H30O4. The highest BCUT2D eigenvalue weighted by molar-refractivity contribution is 5.72. The number of ether oxygens (including phenoxy) is 2. The molecule has 0 aromatic carbocycles. The molecule has 2 heterocycles. The quantitative estimate of drug-likeness (QED) is 0.587. The predicted molar refractivity (Wildman–Crippen MR) is 89.7 cm³/mol. The van der Waals surface area contributed by atoms with Crippen LogP contribution in [0.2, 0.25) is 0 Å². The van der Waals surface area contributed by atoms with Gasteiger partial charge in [-0.05, 0) is 54.8 Å². The zero-order valence-electron chi connectivity index (χ0n) is 15.1. The maximum Gasteiger partial charge on any atom is 0.308 e. The van der Waals surface area contributed by atoms with Crippen molar-refractivity contribution in [1.82, 2.24) is 0 Å². The molecule has 0 aromatic heterocycles. The van der Waals surface area contributed by atoms with E-state index in [1.165, 1.54) is 18.4 Å². The number of esters is 1. The van der Waals surface area contributed by atoms with Gasteiger partial charge in [0.05, 0.1) is 6.42 Å². The van der Waals surface area contributed by atoms with E-state index < -0.39 is 12.6 Å². The summed E-state index contributed by atoms with van der Waals surface area (Å²) in [7, 11) is 0. The Bertz CT molecular complexity index is 568. The summed E-state index contributed by atoms with van der Waals surface area (Å²) in [5, 5.41) is 10.6. The molecule has 0 bridgehead atoms. The van der Waals surface area contributed by atoms with Crippen LogP contribution in [0.1, 0.15) is 59.3 Å². The van der Waals surface area contributed by atoms with Gasteiger partial charge in [-0.2, -0.15) is 0 Å². The number of aliphatic hydroxyl groups is 1. The third-order valence-electron chi connectivity index (χ3n) is 7.55. The summed E-state index contributed by atoms with van der Waals surface area (Å²) in [6.45, 7) is 11.5. The molecule has 7 atom stereocenters. The fourth-order valence-corrected chi connectivity index (χ4v) is 6.31. The van der Waals surface area contributed by atoms with Crippen LogP contribution >= 0.6 is 0 Å². The zero-order chi connectivity index (χ0) is 17.3. The molecule has 1 N–H and O–H groups in total. The molecule has 4 heteroatoms. The van der Waals surface area contributed by atoms with Crippen molar-refractivity contribution >= 4 is 5.97 Å². The third kappa shape index (κ3) is 2.37. The van der Waals surface area contributed by atoms with E-state index in [9.17, 15) is 9.90 Å². The Morgan fingerprint density at radius 2 is 2.00 bits per heavy atom. The smallest absolute Gasteiger partial charge is 0.308 e. The van der Waals surface area contributed by atoms with Gasteiger partial charge in [0.25, 0.3) is 0 Å². The summed E-state index contributed by atoms with van der Waals surface area (Å²) in [6.07, 6.45) is 4.72. The SMILES string of the molecule is C=C1CCCC(C)(C)[C@@H]2C[C@@](C)([C@H]3[C@@H]4CC(=O)O[C@@H]4O[C@H]3O)C[C@H]12. The topological polar surface area (TPSA) is 55.8 Å². The normalized spacial score (nSPS) is 50.3. The standard InChI is InChI=1S/C20H30O4/c1-11-6-5-7-19(2,3)14-10-20(4,9-13(11)14)16-12-8-15(21)23-18(12)24-17(16)22/h12-14,16-18,22H,1,5-10H2,2-4H3/t12-,13+,14+,16-,17+,18+,20-/m0/s1. The van der Waals surface area contributed by atoms with Gasteiger partial charge in [-0.1, -0.05) is 32.9 Å². The lowest BCUT2D eigenvalue weighted by Crippen LogP contribution is -2.36. The van der Waals surface area contributed by atoms with Crippen molar-refractivity contribution in [2.24, 2.45) is 34.5 Å². The molecule has 134 valence electrons. The van der Waals surface area contributed by atoms with Gasteiger partial charge in [-0.3, -0.25) is 4.79 Å². The molecule has 4 nitrogen and oxygen atoms in total. The summed E-state index contributed by atoms with van der Waals surface area (Å²) in [6, 6.07) is 0. The highest BCUT2D eigenvalue weighted by atomic mass is 16.8. The summed E-state index contributed by atoms with van der Waals surface area (Å²) in [4.78, 5) is 11.7. The van der Waals surface area contributed by atoms with Crippen LogP contribution in [0.4, 0.5) is 0 Å². The zero-order valence-corrected chi connectivity index (χ0v) is 15.1. The van der Waals surface area contributed by atoms with Crippen LogP contribution in [0.15, 0.2) is 12.2 Å². The Balaban J connectivity index is 1.64. The minimum atomic E-state index is -0.822. The molecule has 4 fully saturated rings. The van der Waals surface area contributed by atoms with Gasteiger partial charge in [0.15, 0.2) is 6.29 Å². The van der Waals surface area contributed by atoms with Gasteiger partial charge >= 0.3 is 5.97 Å². The lowest BCUT2D eigenvalue weighted by atomic mass is 9.66. The molecule has 2 aliphatic carbocycles. The molecule has 0 aromatic rings. The van der Waals surface area contributed by atoms with E-state index in [4.69, 9.17) is 9.47 Å². The molecular weight excluding hydrogens is 304 g/mol. The second kappa shape index (κ2) is 5.31. The average molecular weight is 334 g/mol. The Morgan fingerprint density at radius 1 is 1.25 bits per heavy atom. The van der Waals surface area contributed by atoms with Crippen molar-refractivity contribution in [3.8, 4) is 0 Å². The fourth-order valence-electron chi connectivity index (χ4n) is 6.31. The second-order valence-corrected chi connectivity index (χ2v) is 9.55. The van der Waals surface area contributed by atoms with Gasteiger partial charge < -0.3 is 14.6 Å². The number of hydrogen-bond acceptors (Lipinski definition) is 4. The average Bonchev–Trinajstić information content (AvgIpc) is 3.06. The van der Waals surface area contributed by atoms with Gasteiger partial charge in [-0.25, -0.2) is 0 Å². The monoisotopic (exact) mass is 334 g/mol. The summed E-state index contributed by atoms with van der Waals surface area (Å²) in [5.74, 6) is 0.904. The first-order chi connectivity index (χ1) is 11.2. The highest BCUT2D eigenvalue weighted by Gasteiger charge is 2.61. The number of rotatable bonds is 1. The number of carbonyl (C=O) groups is 1. The largest absolute Gasteiger partial charge is 0.435 e. The van der Waals surface area contributed by atoms with Crippen molar-refractivity contribution in [2.45, 2.75) is 71.9 Å². The third-order valence-corrected chi connectivity index (χ3v) is 7.55. The summed E-state index contributed by atoms with van der Waals surface area (Å²) in [5.41, 5.74) is 1.66. The van der Waals surface area contributed by atoms with Gasteiger partial charge in [-0.15, -0.1) is 0 Å². The maximum atomic E-state index is 11.7. The molecule has 0 spiro atoms. The van der Waals surface area contributed by atoms with E-state index in [1.54, 1.807) is 0 Å². The molecule has 2 saturated heterocycles. The van der Waals surface area contributed by atoms with E-state index in [0.29, 0.717) is 23.7 Å². The molecule has 0 unspecified atom stereocenters. The molecule has 0 radical (unpaired) electrons. The van der Waals surface area contributed by atoms with E-state index in [0.717, 1.165) is 19.3 Å². The Labute approximate surface area is 144 Å². The van der Waals surface area contributed by atoms with Crippen LogP contribution in [-0.4, -0.2) is 23.7 Å². The molecule has 4 rings (SSSR count). The number of hydrogen-bond donors (Lipinski definition) is 1. The minimum absolute atomic E-state index is 0.00350. The van der Waals surface area contributed by atoms with E-state index in [2.05, 4.69) is 27.4 Å². The first-order valence-electron chi connectivity index (χ1n) is 9.42. The minimum Gasteiger partial charge on any atom is -0.435 e. The van der Waals surface area contributed by atoms with Crippen molar-refractivity contribution in [2.75, 3.05) is 0 Å².